The van der Waals surface area contributed by atoms with Gasteiger partial charge in [-0.05, 0) is 60.2 Å². The van der Waals surface area contributed by atoms with Gasteiger partial charge in [-0.15, -0.1) is 0 Å². The van der Waals surface area contributed by atoms with E-state index in [0.29, 0.717) is 22.9 Å². The molecule has 9 nitrogen and oxygen atoms in total. The Morgan fingerprint density at radius 1 is 1.03 bits per heavy atom. The summed E-state index contributed by atoms with van der Waals surface area (Å²) >= 11 is 13.2. The van der Waals surface area contributed by atoms with Gasteiger partial charge in [-0.3, -0.25) is 24.6 Å². The maximum Gasteiger partial charge on any atom is 0.339 e. The average Bonchev–Trinajstić information content (AvgIpc) is 3.09. The van der Waals surface area contributed by atoms with E-state index in [4.69, 9.17) is 27.4 Å². The minimum absolute atomic E-state index is 0.0643. The Labute approximate surface area is 225 Å². The predicted molar refractivity (Wildman–Crippen MR) is 140 cm³/mol. The van der Waals surface area contributed by atoms with Gasteiger partial charge in [-0.2, -0.15) is 8.42 Å². The Bertz CT molecular complexity index is 1530. The number of thioether (sulfide) groups is 1. The van der Waals surface area contributed by atoms with E-state index in [1.807, 2.05) is 6.92 Å². The summed E-state index contributed by atoms with van der Waals surface area (Å²) in [4.78, 5) is 36.6. The van der Waals surface area contributed by atoms with Gasteiger partial charge in [0.2, 0.25) is 0 Å². The van der Waals surface area contributed by atoms with Gasteiger partial charge in [0.25, 0.3) is 16.8 Å². The van der Waals surface area contributed by atoms with Gasteiger partial charge in [-0.1, -0.05) is 53.0 Å². The molecule has 0 bridgehead atoms. The quantitative estimate of drug-likeness (QED) is 0.140. The highest BCUT2D eigenvalue weighted by atomic mass is 35.5. The Kier molecular flexibility index (Phi) is 7.60. The highest BCUT2D eigenvalue weighted by Crippen LogP contribution is 2.39. The van der Waals surface area contributed by atoms with Gasteiger partial charge < -0.3 is 4.18 Å². The number of aryl methyl sites for hydroxylation is 1. The lowest BCUT2D eigenvalue weighted by molar-refractivity contribution is -0.384. The highest BCUT2D eigenvalue weighted by molar-refractivity contribution is 8.18. The molecule has 37 heavy (non-hydrogen) atoms. The number of hydrogen-bond donors (Lipinski definition) is 0. The maximum absolute atomic E-state index is 12.8. The van der Waals surface area contributed by atoms with E-state index in [9.17, 15) is 28.1 Å². The number of nitrogens with zero attached hydrogens (tertiary/aromatic N) is 2. The highest BCUT2D eigenvalue weighted by Gasteiger charge is 2.35. The lowest BCUT2D eigenvalue weighted by atomic mass is 10.2. The molecule has 3 aromatic carbocycles. The molecule has 2 amide bonds. The van der Waals surface area contributed by atoms with Crippen LogP contribution in [0.2, 0.25) is 10.0 Å². The molecule has 0 unspecified atom stereocenters. The van der Waals surface area contributed by atoms with Crippen molar-refractivity contribution >= 4 is 68.0 Å². The molecule has 0 radical (unpaired) electrons. The topological polar surface area (TPSA) is 124 Å². The monoisotopic (exact) mass is 578 g/mol. The first-order valence-electron chi connectivity index (χ1n) is 10.4. The third kappa shape index (κ3) is 5.96. The number of nitro groups is 1. The molecule has 3 aromatic rings. The summed E-state index contributed by atoms with van der Waals surface area (Å²) in [7, 11) is -4.20. The van der Waals surface area contributed by atoms with Crippen molar-refractivity contribution in [1.82, 2.24) is 4.90 Å². The zero-order valence-corrected chi connectivity index (χ0v) is 22.0. The van der Waals surface area contributed by atoms with Crippen LogP contribution < -0.4 is 4.18 Å². The fraction of sp³-hybridized carbons (Fsp3) is 0.0833. The molecule has 1 aliphatic rings. The molecule has 1 aliphatic heterocycles. The Morgan fingerprint density at radius 3 is 2.19 bits per heavy atom. The van der Waals surface area contributed by atoms with Gasteiger partial charge in [0, 0.05) is 12.1 Å². The van der Waals surface area contributed by atoms with Crippen LogP contribution in [-0.2, 0) is 21.5 Å². The molecule has 13 heteroatoms. The SMILES string of the molecule is Cc1ccc(S(=O)(=O)Oc2c(Cl)cc(/C=C3\SC(=O)N(Cc4ccc([N+](=O)[O-])cc4)C3=O)cc2Cl)cc1. The van der Waals surface area contributed by atoms with E-state index in [-0.39, 0.29) is 37.8 Å². The van der Waals surface area contributed by atoms with Gasteiger partial charge >= 0.3 is 10.1 Å². The third-order valence-electron chi connectivity index (χ3n) is 5.18. The first kappa shape index (κ1) is 26.7. The summed E-state index contributed by atoms with van der Waals surface area (Å²) in [5.41, 5.74) is 1.65. The first-order chi connectivity index (χ1) is 17.4. The smallest absolute Gasteiger partial charge is 0.339 e. The van der Waals surface area contributed by atoms with Crippen molar-refractivity contribution in [2.24, 2.45) is 0 Å². The standard InChI is InChI=1S/C24H16Cl2N2O7S2/c1-14-2-8-18(9-3-14)37(33,34)35-22-19(25)10-16(11-20(22)26)12-21-23(29)27(24(30)36-21)13-15-4-6-17(7-5-15)28(31)32/h2-12H,13H2,1H3/b21-12-. The van der Waals surface area contributed by atoms with Crippen LogP contribution in [-0.4, -0.2) is 29.4 Å². The van der Waals surface area contributed by atoms with Crippen molar-refractivity contribution < 1.29 is 27.1 Å². The molecule has 0 atom stereocenters. The molecule has 0 saturated carbocycles. The Morgan fingerprint density at radius 2 is 1.62 bits per heavy atom. The van der Waals surface area contributed by atoms with Crippen LogP contribution in [0.3, 0.4) is 0 Å². The molecular formula is C24H16Cl2N2O7S2. The summed E-state index contributed by atoms with van der Waals surface area (Å²) in [6.07, 6.45) is 1.40. The van der Waals surface area contributed by atoms with Crippen LogP contribution in [0, 0.1) is 17.0 Å². The second-order valence-electron chi connectivity index (χ2n) is 7.86. The van der Waals surface area contributed by atoms with Crippen molar-refractivity contribution in [3.05, 3.63) is 102 Å². The fourth-order valence-corrected chi connectivity index (χ4v) is 5.77. The van der Waals surface area contributed by atoms with E-state index in [1.54, 1.807) is 12.1 Å². The summed E-state index contributed by atoms with van der Waals surface area (Å²) in [5.74, 6) is -0.838. The minimum Gasteiger partial charge on any atom is -0.376 e. The van der Waals surface area contributed by atoms with E-state index >= 15 is 0 Å². The van der Waals surface area contributed by atoms with Gasteiger partial charge in [0.1, 0.15) is 4.90 Å². The first-order valence-corrected chi connectivity index (χ1v) is 13.4. The van der Waals surface area contributed by atoms with Crippen molar-refractivity contribution in [1.29, 1.82) is 0 Å². The number of hydrogen-bond acceptors (Lipinski definition) is 8. The molecule has 0 spiro atoms. The number of nitro benzene ring substituents is 1. The third-order valence-corrected chi connectivity index (χ3v) is 7.89. The molecule has 1 heterocycles. The van der Waals surface area contributed by atoms with Crippen molar-refractivity contribution in [3.8, 4) is 5.75 Å². The van der Waals surface area contributed by atoms with Gasteiger partial charge in [0.15, 0.2) is 5.75 Å². The molecule has 0 aromatic heterocycles. The number of carbonyl (C=O) groups is 2. The van der Waals surface area contributed by atoms with E-state index in [0.717, 1.165) is 10.5 Å². The molecule has 1 fully saturated rings. The molecule has 1 saturated heterocycles. The van der Waals surface area contributed by atoms with Crippen LogP contribution in [0.5, 0.6) is 5.75 Å². The minimum atomic E-state index is -4.20. The van der Waals surface area contributed by atoms with Crippen LogP contribution in [0.1, 0.15) is 16.7 Å². The summed E-state index contributed by atoms with van der Waals surface area (Å²) < 4.78 is 30.4. The van der Waals surface area contributed by atoms with E-state index in [2.05, 4.69) is 0 Å². The number of amides is 2. The second kappa shape index (κ2) is 10.5. The lowest BCUT2D eigenvalue weighted by Crippen LogP contribution is -2.27. The number of benzene rings is 3. The zero-order chi connectivity index (χ0) is 26.9. The number of non-ortho nitro benzene ring substituents is 1. The zero-order valence-electron chi connectivity index (χ0n) is 18.9. The normalized spacial score (nSPS) is 14.9. The molecular weight excluding hydrogens is 563 g/mol. The van der Waals surface area contributed by atoms with Crippen LogP contribution in [0.25, 0.3) is 6.08 Å². The summed E-state index contributed by atoms with van der Waals surface area (Å²) in [5, 5.41) is 10.1. The Hall–Kier alpha value is -3.38. The molecule has 0 N–H and O–H groups in total. The van der Waals surface area contributed by atoms with Gasteiger partial charge in [0.05, 0.1) is 26.4 Å². The van der Waals surface area contributed by atoms with Crippen LogP contribution >= 0.6 is 35.0 Å². The van der Waals surface area contributed by atoms with E-state index < -0.39 is 26.2 Å². The lowest BCUT2D eigenvalue weighted by Gasteiger charge is -2.12. The average molecular weight is 579 g/mol. The second-order valence-corrected chi connectivity index (χ2v) is 11.2. The van der Waals surface area contributed by atoms with Crippen molar-refractivity contribution in [2.75, 3.05) is 0 Å². The molecule has 4 rings (SSSR count). The number of rotatable bonds is 7. The number of imide groups is 1. The van der Waals surface area contributed by atoms with Crippen LogP contribution in [0.4, 0.5) is 10.5 Å². The number of halogens is 2. The molecule has 0 aliphatic carbocycles. The van der Waals surface area contributed by atoms with E-state index in [1.165, 1.54) is 54.6 Å². The fourth-order valence-electron chi connectivity index (χ4n) is 3.30. The van der Waals surface area contributed by atoms with Gasteiger partial charge in [-0.25, -0.2) is 0 Å². The largest absolute Gasteiger partial charge is 0.376 e. The summed E-state index contributed by atoms with van der Waals surface area (Å²) in [6, 6.07) is 14.3. The maximum atomic E-state index is 12.8. The number of carbonyl (C=O) groups excluding carboxylic acids is 2. The Balaban J connectivity index is 1.53. The summed E-state index contributed by atoms with van der Waals surface area (Å²) in [6.45, 7) is 1.75. The van der Waals surface area contributed by atoms with Crippen LogP contribution in [0.15, 0.2) is 70.5 Å². The predicted octanol–water partition coefficient (Wildman–Crippen LogP) is 6.21. The van der Waals surface area contributed by atoms with Crippen molar-refractivity contribution in [2.45, 2.75) is 18.4 Å². The van der Waals surface area contributed by atoms with Crippen molar-refractivity contribution in [3.63, 3.8) is 0 Å². The molecule has 190 valence electrons.